The van der Waals surface area contributed by atoms with Gasteiger partial charge in [-0.2, -0.15) is 0 Å². The van der Waals surface area contributed by atoms with Gasteiger partial charge in [0.15, 0.2) is 5.52 Å². The van der Waals surface area contributed by atoms with E-state index in [1.807, 2.05) is 31.2 Å². The Balaban J connectivity index is 1.93. The van der Waals surface area contributed by atoms with Crippen LogP contribution in [0.15, 0.2) is 52.0 Å². The van der Waals surface area contributed by atoms with E-state index in [9.17, 15) is 8.42 Å². The van der Waals surface area contributed by atoms with Crippen molar-refractivity contribution in [2.24, 2.45) is 0 Å². The fourth-order valence-corrected chi connectivity index (χ4v) is 4.83. The molecule has 1 aliphatic rings. The van der Waals surface area contributed by atoms with Gasteiger partial charge in [0.25, 0.3) is 10.0 Å². The summed E-state index contributed by atoms with van der Waals surface area (Å²) >= 11 is 0. The van der Waals surface area contributed by atoms with Crippen LogP contribution in [0.1, 0.15) is 12.5 Å². The van der Waals surface area contributed by atoms with E-state index in [0.717, 1.165) is 11.3 Å². The number of anilines is 1. The van der Waals surface area contributed by atoms with Crippen LogP contribution in [-0.4, -0.2) is 24.8 Å². The van der Waals surface area contributed by atoms with Gasteiger partial charge in [-0.05, 0) is 47.4 Å². The molecule has 2 aromatic carbocycles. The van der Waals surface area contributed by atoms with Crippen molar-refractivity contribution in [3.8, 4) is 0 Å². The van der Waals surface area contributed by atoms with E-state index in [-0.39, 0.29) is 16.5 Å². The first-order chi connectivity index (χ1) is 10.6. The second-order valence-electron chi connectivity index (χ2n) is 5.37. The van der Waals surface area contributed by atoms with Gasteiger partial charge in [-0.15, -0.1) is 0 Å². The fraction of sp³-hybridized carbons (Fsp3) is 0.200. The quantitative estimate of drug-likeness (QED) is 0.725. The van der Waals surface area contributed by atoms with Gasteiger partial charge in [-0.1, -0.05) is 24.3 Å². The van der Waals surface area contributed by atoms with Crippen LogP contribution in [0.3, 0.4) is 0 Å². The summed E-state index contributed by atoms with van der Waals surface area (Å²) in [6, 6.07) is 12.3. The van der Waals surface area contributed by atoms with E-state index in [2.05, 4.69) is 14.9 Å². The SMILES string of the molecule is C[C@H]1Cc2ccccc2N1S(=O)(=O)c1cccc2nonc12. The molecule has 112 valence electrons. The topological polar surface area (TPSA) is 76.3 Å². The average Bonchev–Trinajstić information content (AvgIpc) is 3.09. The number of sulfonamides is 1. The molecule has 4 rings (SSSR count). The number of benzene rings is 2. The maximum absolute atomic E-state index is 13.1. The molecule has 0 aliphatic carbocycles. The van der Waals surface area contributed by atoms with Crippen molar-refractivity contribution in [3.63, 3.8) is 0 Å². The molecule has 0 spiro atoms. The van der Waals surface area contributed by atoms with Crippen LogP contribution in [0, 0.1) is 0 Å². The third kappa shape index (κ3) is 1.75. The van der Waals surface area contributed by atoms with E-state index < -0.39 is 10.0 Å². The predicted octanol–water partition coefficient (Wildman–Crippen LogP) is 2.36. The van der Waals surface area contributed by atoms with Gasteiger partial charge in [0, 0.05) is 6.04 Å². The molecule has 0 bridgehead atoms. The molecule has 0 fully saturated rings. The average molecular weight is 315 g/mol. The van der Waals surface area contributed by atoms with Crippen molar-refractivity contribution in [3.05, 3.63) is 48.0 Å². The molecule has 1 aliphatic heterocycles. The lowest BCUT2D eigenvalue weighted by Gasteiger charge is -2.24. The van der Waals surface area contributed by atoms with E-state index in [1.54, 1.807) is 12.1 Å². The van der Waals surface area contributed by atoms with Crippen molar-refractivity contribution in [2.45, 2.75) is 24.3 Å². The van der Waals surface area contributed by atoms with E-state index in [0.29, 0.717) is 11.9 Å². The Morgan fingerprint density at radius 1 is 1.14 bits per heavy atom. The summed E-state index contributed by atoms with van der Waals surface area (Å²) in [6.07, 6.45) is 0.697. The Labute approximate surface area is 127 Å². The summed E-state index contributed by atoms with van der Waals surface area (Å²) in [4.78, 5) is 0.120. The molecule has 0 saturated heterocycles. The molecule has 2 heterocycles. The highest BCUT2D eigenvalue weighted by molar-refractivity contribution is 7.93. The van der Waals surface area contributed by atoms with E-state index in [1.165, 1.54) is 10.4 Å². The molecule has 6 nitrogen and oxygen atoms in total. The van der Waals surface area contributed by atoms with Crippen LogP contribution < -0.4 is 4.31 Å². The van der Waals surface area contributed by atoms with Gasteiger partial charge < -0.3 is 0 Å². The maximum atomic E-state index is 13.1. The Morgan fingerprint density at radius 2 is 1.95 bits per heavy atom. The summed E-state index contributed by atoms with van der Waals surface area (Å²) in [5.41, 5.74) is 2.45. The first-order valence-electron chi connectivity index (χ1n) is 6.92. The van der Waals surface area contributed by atoms with Crippen LogP contribution in [0.5, 0.6) is 0 Å². The minimum Gasteiger partial charge on any atom is -0.263 e. The van der Waals surface area contributed by atoms with Crippen LogP contribution in [0.4, 0.5) is 5.69 Å². The molecular weight excluding hydrogens is 302 g/mol. The molecule has 3 aromatic rings. The number of fused-ring (bicyclic) bond motifs is 2. The van der Waals surface area contributed by atoms with E-state index >= 15 is 0 Å². The van der Waals surface area contributed by atoms with Crippen molar-refractivity contribution in [1.82, 2.24) is 10.3 Å². The van der Waals surface area contributed by atoms with Gasteiger partial charge in [-0.25, -0.2) is 13.0 Å². The molecule has 0 saturated carbocycles. The van der Waals surface area contributed by atoms with Crippen LogP contribution >= 0.6 is 0 Å². The molecule has 0 N–H and O–H groups in total. The van der Waals surface area contributed by atoms with Gasteiger partial charge >= 0.3 is 0 Å². The lowest BCUT2D eigenvalue weighted by atomic mass is 10.1. The normalized spacial score (nSPS) is 17.9. The van der Waals surface area contributed by atoms with Crippen molar-refractivity contribution < 1.29 is 13.0 Å². The monoisotopic (exact) mass is 315 g/mol. The summed E-state index contributed by atoms with van der Waals surface area (Å²) < 4.78 is 32.4. The smallest absolute Gasteiger partial charge is 0.263 e. The summed E-state index contributed by atoms with van der Waals surface area (Å²) in [5, 5.41) is 7.46. The first kappa shape index (κ1) is 13.3. The van der Waals surface area contributed by atoms with Crippen LogP contribution in [0.2, 0.25) is 0 Å². The maximum Gasteiger partial charge on any atom is 0.266 e. The Hall–Kier alpha value is -2.41. The molecule has 1 aromatic heterocycles. The summed E-state index contributed by atoms with van der Waals surface area (Å²) in [5.74, 6) is 0. The van der Waals surface area contributed by atoms with Gasteiger partial charge in [0.1, 0.15) is 10.4 Å². The number of para-hydroxylation sites is 1. The van der Waals surface area contributed by atoms with Crippen molar-refractivity contribution >= 4 is 26.7 Å². The highest BCUT2D eigenvalue weighted by Gasteiger charge is 2.37. The molecule has 0 radical (unpaired) electrons. The molecule has 1 atom stereocenters. The molecule has 0 unspecified atom stereocenters. The molecule has 0 amide bonds. The summed E-state index contributed by atoms with van der Waals surface area (Å²) in [6.45, 7) is 1.90. The standard InChI is InChI=1S/C15H13N3O3S/c1-10-9-11-5-2-3-7-13(11)18(10)22(19,20)14-8-4-6-12-15(14)17-21-16-12/h2-8,10H,9H2,1H3/t10-/m0/s1. The number of hydrogen-bond donors (Lipinski definition) is 0. The van der Waals surface area contributed by atoms with Gasteiger partial charge in [0.2, 0.25) is 0 Å². The summed E-state index contributed by atoms with van der Waals surface area (Å²) in [7, 11) is -3.73. The second-order valence-corrected chi connectivity index (χ2v) is 7.15. The van der Waals surface area contributed by atoms with Crippen molar-refractivity contribution in [2.75, 3.05) is 4.31 Å². The molecule has 22 heavy (non-hydrogen) atoms. The van der Waals surface area contributed by atoms with Gasteiger partial charge in [-0.3, -0.25) is 4.31 Å². The zero-order valence-electron chi connectivity index (χ0n) is 11.8. The highest BCUT2D eigenvalue weighted by atomic mass is 32.2. The lowest BCUT2D eigenvalue weighted by molar-refractivity contribution is 0.315. The Kier molecular flexibility index (Phi) is 2.74. The Bertz CT molecular complexity index is 965. The Morgan fingerprint density at radius 3 is 2.82 bits per heavy atom. The zero-order valence-corrected chi connectivity index (χ0v) is 12.6. The first-order valence-corrected chi connectivity index (χ1v) is 8.36. The fourth-order valence-electron chi connectivity index (χ4n) is 3.00. The largest absolute Gasteiger partial charge is 0.266 e. The van der Waals surface area contributed by atoms with Crippen molar-refractivity contribution in [1.29, 1.82) is 0 Å². The third-order valence-electron chi connectivity index (χ3n) is 3.93. The van der Waals surface area contributed by atoms with Crippen LogP contribution in [0.25, 0.3) is 11.0 Å². The molecule has 7 heteroatoms. The lowest BCUT2D eigenvalue weighted by Crippen LogP contribution is -2.35. The minimum atomic E-state index is -3.73. The molecular formula is C15H13N3O3S. The minimum absolute atomic E-state index is 0.120. The predicted molar refractivity (Wildman–Crippen MR) is 81.1 cm³/mol. The zero-order chi connectivity index (χ0) is 15.3. The number of rotatable bonds is 2. The number of hydrogen-bond acceptors (Lipinski definition) is 5. The second kappa shape index (κ2) is 4.54. The highest BCUT2D eigenvalue weighted by Crippen LogP contribution is 2.37. The number of nitrogens with zero attached hydrogens (tertiary/aromatic N) is 3. The van der Waals surface area contributed by atoms with Gasteiger partial charge in [0.05, 0.1) is 5.69 Å². The van der Waals surface area contributed by atoms with E-state index in [4.69, 9.17) is 0 Å². The third-order valence-corrected chi connectivity index (χ3v) is 5.89. The van der Waals surface area contributed by atoms with Crippen LogP contribution in [-0.2, 0) is 16.4 Å². The number of aromatic nitrogens is 2.